The SMILES string of the molecule is CC(=O)OC1CC=C2C=C3OC(=O)C(C)=C3CC2(C)C1C. The summed E-state index contributed by atoms with van der Waals surface area (Å²) < 4.78 is 10.8. The number of hydrogen-bond donors (Lipinski definition) is 0. The van der Waals surface area contributed by atoms with E-state index in [1.54, 1.807) is 0 Å². The molecule has 2 aliphatic carbocycles. The molecule has 0 bridgehead atoms. The number of esters is 2. The third kappa shape index (κ3) is 2.04. The van der Waals surface area contributed by atoms with E-state index in [9.17, 15) is 9.59 Å². The van der Waals surface area contributed by atoms with Gasteiger partial charge in [-0.15, -0.1) is 0 Å². The maximum Gasteiger partial charge on any atom is 0.339 e. The van der Waals surface area contributed by atoms with Gasteiger partial charge in [0.2, 0.25) is 0 Å². The molecule has 0 aromatic rings. The number of ether oxygens (including phenoxy) is 2. The van der Waals surface area contributed by atoms with E-state index >= 15 is 0 Å². The predicted octanol–water partition coefficient (Wildman–Crippen LogP) is 3.05. The van der Waals surface area contributed by atoms with Crippen molar-refractivity contribution in [3.05, 3.63) is 34.6 Å². The quantitative estimate of drug-likeness (QED) is 0.696. The summed E-state index contributed by atoms with van der Waals surface area (Å²) in [5.74, 6) is 0.395. The van der Waals surface area contributed by atoms with Crippen molar-refractivity contribution in [1.82, 2.24) is 0 Å². The number of hydrogen-bond acceptors (Lipinski definition) is 4. The van der Waals surface area contributed by atoms with Crippen LogP contribution in [0.2, 0.25) is 0 Å². The molecule has 4 heteroatoms. The van der Waals surface area contributed by atoms with Gasteiger partial charge >= 0.3 is 11.9 Å². The highest BCUT2D eigenvalue weighted by Gasteiger charge is 2.47. The molecule has 0 N–H and O–H groups in total. The Bertz CT molecular complexity index is 623. The smallest absolute Gasteiger partial charge is 0.339 e. The average Bonchev–Trinajstić information content (AvgIpc) is 2.67. The fourth-order valence-electron chi connectivity index (χ4n) is 3.59. The molecule has 0 amide bonds. The first-order valence-corrected chi connectivity index (χ1v) is 7.35. The van der Waals surface area contributed by atoms with Gasteiger partial charge in [-0.25, -0.2) is 4.79 Å². The van der Waals surface area contributed by atoms with E-state index in [-0.39, 0.29) is 29.4 Å². The number of allylic oxidation sites excluding steroid dienone is 3. The number of carbonyl (C=O) groups excluding carboxylic acids is 2. The third-order valence-electron chi connectivity index (χ3n) is 5.20. The Morgan fingerprint density at radius 1 is 1.48 bits per heavy atom. The van der Waals surface area contributed by atoms with Crippen LogP contribution in [-0.4, -0.2) is 18.0 Å². The maximum atomic E-state index is 11.7. The second-order valence-corrected chi connectivity index (χ2v) is 6.43. The zero-order valence-corrected chi connectivity index (χ0v) is 12.9. The topological polar surface area (TPSA) is 52.6 Å². The molecular formula is C17H20O4. The van der Waals surface area contributed by atoms with Gasteiger partial charge in [-0.1, -0.05) is 19.9 Å². The summed E-state index contributed by atoms with van der Waals surface area (Å²) in [6.07, 6.45) is 5.44. The number of fused-ring (bicyclic) bond motifs is 2. The Kier molecular flexibility index (Phi) is 3.08. The summed E-state index contributed by atoms with van der Waals surface area (Å²) in [5.41, 5.74) is 2.74. The number of carbonyl (C=O) groups is 2. The fraction of sp³-hybridized carbons (Fsp3) is 0.529. The van der Waals surface area contributed by atoms with Crippen LogP contribution in [0, 0.1) is 11.3 Å². The van der Waals surface area contributed by atoms with Crippen molar-refractivity contribution in [3.63, 3.8) is 0 Å². The van der Waals surface area contributed by atoms with E-state index < -0.39 is 0 Å². The zero-order valence-electron chi connectivity index (χ0n) is 12.9. The molecule has 0 saturated heterocycles. The van der Waals surface area contributed by atoms with Gasteiger partial charge < -0.3 is 9.47 Å². The molecule has 0 saturated carbocycles. The van der Waals surface area contributed by atoms with Crippen molar-refractivity contribution in [2.75, 3.05) is 0 Å². The van der Waals surface area contributed by atoms with Crippen LogP contribution >= 0.6 is 0 Å². The monoisotopic (exact) mass is 288 g/mol. The van der Waals surface area contributed by atoms with Gasteiger partial charge in [-0.3, -0.25) is 4.79 Å². The van der Waals surface area contributed by atoms with Crippen LogP contribution < -0.4 is 0 Å². The largest absolute Gasteiger partial charge is 0.462 e. The molecule has 0 aromatic carbocycles. The van der Waals surface area contributed by atoms with E-state index in [0.29, 0.717) is 17.8 Å². The summed E-state index contributed by atoms with van der Waals surface area (Å²) in [7, 11) is 0. The fourth-order valence-corrected chi connectivity index (χ4v) is 3.59. The zero-order chi connectivity index (χ0) is 15.4. The van der Waals surface area contributed by atoms with E-state index in [1.807, 2.05) is 13.0 Å². The molecular weight excluding hydrogens is 268 g/mol. The molecule has 112 valence electrons. The Hall–Kier alpha value is -1.84. The van der Waals surface area contributed by atoms with E-state index in [4.69, 9.17) is 9.47 Å². The summed E-state index contributed by atoms with van der Waals surface area (Å²) in [5, 5.41) is 0. The van der Waals surface area contributed by atoms with Crippen molar-refractivity contribution in [2.45, 2.75) is 46.6 Å². The first-order chi connectivity index (χ1) is 9.83. The average molecular weight is 288 g/mol. The molecule has 3 atom stereocenters. The standard InChI is InChI=1S/C17H20O4/c1-9-13-8-17(4)10(2)14(20-11(3)18)6-5-12(17)7-15(13)21-16(9)19/h5,7,10,14H,6,8H2,1-4H3. The van der Waals surface area contributed by atoms with Gasteiger partial charge in [0.05, 0.1) is 0 Å². The lowest BCUT2D eigenvalue weighted by molar-refractivity contribution is -0.151. The minimum absolute atomic E-state index is 0.106. The molecule has 1 heterocycles. The van der Waals surface area contributed by atoms with Gasteiger partial charge in [0.1, 0.15) is 11.9 Å². The van der Waals surface area contributed by atoms with E-state index in [1.165, 1.54) is 12.5 Å². The van der Waals surface area contributed by atoms with Gasteiger partial charge in [0.15, 0.2) is 0 Å². The first-order valence-electron chi connectivity index (χ1n) is 7.35. The highest BCUT2D eigenvalue weighted by molar-refractivity contribution is 5.94. The number of rotatable bonds is 1. The van der Waals surface area contributed by atoms with Crippen molar-refractivity contribution >= 4 is 11.9 Å². The van der Waals surface area contributed by atoms with Gasteiger partial charge in [-0.05, 0) is 25.0 Å². The lowest BCUT2D eigenvalue weighted by atomic mass is 9.60. The minimum atomic E-state index is -0.247. The van der Waals surface area contributed by atoms with Crippen LogP contribution in [0.1, 0.15) is 40.5 Å². The summed E-state index contributed by atoms with van der Waals surface area (Å²) in [6, 6.07) is 0. The van der Waals surface area contributed by atoms with Gasteiger partial charge in [0.25, 0.3) is 0 Å². The predicted molar refractivity (Wildman–Crippen MR) is 77.0 cm³/mol. The normalized spacial score (nSPS) is 34.6. The van der Waals surface area contributed by atoms with Crippen LogP contribution in [0.4, 0.5) is 0 Å². The summed E-state index contributed by atoms with van der Waals surface area (Å²) >= 11 is 0. The lowest BCUT2D eigenvalue weighted by Crippen LogP contribution is -2.42. The van der Waals surface area contributed by atoms with Crippen molar-refractivity contribution in [2.24, 2.45) is 11.3 Å². The van der Waals surface area contributed by atoms with Crippen molar-refractivity contribution in [1.29, 1.82) is 0 Å². The molecule has 0 aromatic heterocycles. The molecule has 0 radical (unpaired) electrons. The Labute approximate surface area is 124 Å². The van der Waals surface area contributed by atoms with E-state index in [2.05, 4.69) is 19.9 Å². The minimum Gasteiger partial charge on any atom is -0.462 e. The Morgan fingerprint density at radius 2 is 2.19 bits per heavy atom. The molecule has 3 aliphatic rings. The molecule has 3 unspecified atom stereocenters. The van der Waals surface area contributed by atoms with Gasteiger partial charge in [-0.2, -0.15) is 0 Å². The second-order valence-electron chi connectivity index (χ2n) is 6.43. The molecule has 4 nitrogen and oxygen atoms in total. The van der Waals surface area contributed by atoms with Crippen LogP contribution in [0.5, 0.6) is 0 Å². The van der Waals surface area contributed by atoms with Crippen LogP contribution in [0.3, 0.4) is 0 Å². The van der Waals surface area contributed by atoms with Crippen molar-refractivity contribution < 1.29 is 19.1 Å². The highest BCUT2D eigenvalue weighted by atomic mass is 16.5. The molecule has 3 rings (SSSR count). The van der Waals surface area contributed by atoms with Crippen LogP contribution in [-0.2, 0) is 19.1 Å². The lowest BCUT2D eigenvalue weighted by Gasteiger charge is -2.46. The molecule has 0 spiro atoms. The first kappa shape index (κ1) is 14.1. The van der Waals surface area contributed by atoms with Gasteiger partial charge in [0, 0.05) is 35.8 Å². The van der Waals surface area contributed by atoms with E-state index in [0.717, 1.165) is 12.0 Å². The van der Waals surface area contributed by atoms with Crippen LogP contribution in [0.25, 0.3) is 0 Å². The molecule has 0 fully saturated rings. The summed E-state index contributed by atoms with van der Waals surface area (Å²) in [6.45, 7) is 7.55. The Morgan fingerprint density at radius 3 is 2.86 bits per heavy atom. The molecule has 1 aliphatic heterocycles. The summed E-state index contributed by atoms with van der Waals surface area (Å²) in [4.78, 5) is 23.0. The van der Waals surface area contributed by atoms with Crippen LogP contribution in [0.15, 0.2) is 34.6 Å². The Balaban J connectivity index is 2.01. The molecule has 21 heavy (non-hydrogen) atoms. The second kappa shape index (κ2) is 4.58. The highest BCUT2D eigenvalue weighted by Crippen LogP contribution is 2.53. The third-order valence-corrected chi connectivity index (χ3v) is 5.20. The van der Waals surface area contributed by atoms with Crippen molar-refractivity contribution in [3.8, 4) is 0 Å². The maximum absolute atomic E-state index is 11.7.